The van der Waals surface area contributed by atoms with Crippen molar-refractivity contribution in [2.75, 3.05) is 27.7 Å². The lowest BCUT2D eigenvalue weighted by molar-refractivity contribution is 0.392. The van der Waals surface area contributed by atoms with E-state index in [4.69, 9.17) is 0 Å². The highest BCUT2D eigenvalue weighted by molar-refractivity contribution is 7.11. The Morgan fingerprint density at radius 1 is 1.32 bits per heavy atom. The molecule has 1 aromatic carbocycles. The second-order valence-electron chi connectivity index (χ2n) is 6.13. The molecule has 1 heterocycles. The third-order valence-electron chi connectivity index (χ3n) is 3.58. The molecule has 0 amide bonds. The van der Waals surface area contributed by atoms with Crippen LogP contribution < -0.4 is 10.6 Å². The number of aliphatic imine (C=N–C) groups is 1. The Morgan fingerprint density at radius 3 is 2.76 bits per heavy atom. The SMILES string of the molecule is CN=C(NCCc1ncc(C)s1)NCc1ccc(F)c(CN(C)C)c1. The fraction of sp³-hybridized carbons (Fsp3) is 0.444. The Morgan fingerprint density at radius 2 is 2.12 bits per heavy atom. The van der Waals surface area contributed by atoms with E-state index < -0.39 is 0 Å². The lowest BCUT2D eigenvalue weighted by atomic mass is 10.1. The summed E-state index contributed by atoms with van der Waals surface area (Å²) < 4.78 is 13.8. The second-order valence-corrected chi connectivity index (χ2v) is 7.45. The van der Waals surface area contributed by atoms with Crippen molar-refractivity contribution < 1.29 is 4.39 Å². The van der Waals surface area contributed by atoms with Crippen LogP contribution in [-0.2, 0) is 19.5 Å². The van der Waals surface area contributed by atoms with Crippen molar-refractivity contribution in [2.24, 2.45) is 4.99 Å². The fourth-order valence-electron chi connectivity index (χ4n) is 2.41. The summed E-state index contributed by atoms with van der Waals surface area (Å²) in [7, 11) is 5.60. The zero-order valence-electron chi connectivity index (χ0n) is 15.3. The van der Waals surface area contributed by atoms with Crippen LogP contribution in [0.15, 0.2) is 29.4 Å². The normalized spacial score (nSPS) is 11.8. The average molecular weight is 364 g/mol. The number of aryl methyl sites for hydroxylation is 1. The Labute approximate surface area is 153 Å². The molecule has 1 aromatic heterocycles. The van der Waals surface area contributed by atoms with Crippen molar-refractivity contribution in [1.82, 2.24) is 20.5 Å². The molecule has 2 rings (SSSR count). The molecule has 2 N–H and O–H groups in total. The van der Waals surface area contributed by atoms with E-state index >= 15 is 0 Å². The lowest BCUT2D eigenvalue weighted by Gasteiger charge is -2.14. The van der Waals surface area contributed by atoms with Gasteiger partial charge in [-0.25, -0.2) is 9.37 Å². The van der Waals surface area contributed by atoms with Crippen molar-refractivity contribution in [3.05, 3.63) is 51.2 Å². The van der Waals surface area contributed by atoms with Crippen LogP contribution in [0, 0.1) is 12.7 Å². The molecule has 7 heteroatoms. The Hall–Kier alpha value is -1.99. The molecule has 0 radical (unpaired) electrons. The molecule has 0 aliphatic heterocycles. The predicted octanol–water partition coefficient (Wildman–Crippen LogP) is 2.56. The molecule has 5 nitrogen and oxygen atoms in total. The van der Waals surface area contributed by atoms with E-state index in [2.05, 4.69) is 27.5 Å². The summed E-state index contributed by atoms with van der Waals surface area (Å²) in [5.74, 6) is 0.561. The Kier molecular flexibility index (Phi) is 7.33. The van der Waals surface area contributed by atoms with Gasteiger partial charge in [0.2, 0.25) is 0 Å². The summed E-state index contributed by atoms with van der Waals surface area (Å²) in [4.78, 5) is 11.8. The van der Waals surface area contributed by atoms with Crippen LogP contribution in [0.5, 0.6) is 0 Å². The number of hydrogen-bond acceptors (Lipinski definition) is 4. The summed E-state index contributed by atoms with van der Waals surface area (Å²) >= 11 is 1.71. The van der Waals surface area contributed by atoms with Crippen LogP contribution in [0.25, 0.3) is 0 Å². The summed E-state index contributed by atoms with van der Waals surface area (Å²) in [6.45, 7) is 4.00. The average Bonchev–Trinajstić information content (AvgIpc) is 2.98. The first-order valence-corrected chi connectivity index (χ1v) is 9.07. The van der Waals surface area contributed by atoms with Gasteiger partial charge in [-0.1, -0.05) is 6.07 Å². The summed E-state index contributed by atoms with van der Waals surface area (Å²) in [6, 6.07) is 5.22. The Bertz CT molecular complexity index is 711. The zero-order chi connectivity index (χ0) is 18.2. The number of thiazole rings is 1. The van der Waals surface area contributed by atoms with E-state index in [1.807, 2.05) is 31.3 Å². The van der Waals surface area contributed by atoms with Crippen LogP contribution in [0.3, 0.4) is 0 Å². The number of aromatic nitrogens is 1. The number of guanidine groups is 1. The van der Waals surface area contributed by atoms with Crippen LogP contribution in [0.2, 0.25) is 0 Å². The van der Waals surface area contributed by atoms with E-state index in [1.54, 1.807) is 24.5 Å². The number of rotatable bonds is 7. The van der Waals surface area contributed by atoms with Gasteiger partial charge in [0.05, 0.1) is 5.01 Å². The molecule has 0 saturated heterocycles. The van der Waals surface area contributed by atoms with Gasteiger partial charge in [-0.15, -0.1) is 11.3 Å². The van der Waals surface area contributed by atoms with E-state index in [0.29, 0.717) is 18.7 Å². The molecule has 0 fully saturated rings. The Balaban J connectivity index is 1.83. The smallest absolute Gasteiger partial charge is 0.191 e. The molecule has 0 spiro atoms. The molecule has 0 unspecified atom stereocenters. The lowest BCUT2D eigenvalue weighted by Crippen LogP contribution is -2.37. The monoisotopic (exact) mass is 363 g/mol. The number of halogens is 1. The van der Waals surface area contributed by atoms with E-state index in [0.717, 1.165) is 29.5 Å². The van der Waals surface area contributed by atoms with Crippen molar-refractivity contribution in [3.8, 4) is 0 Å². The van der Waals surface area contributed by atoms with Crippen LogP contribution in [-0.4, -0.2) is 43.5 Å². The van der Waals surface area contributed by atoms with E-state index in [9.17, 15) is 4.39 Å². The topological polar surface area (TPSA) is 52.6 Å². The van der Waals surface area contributed by atoms with Gasteiger partial charge in [0.15, 0.2) is 5.96 Å². The van der Waals surface area contributed by atoms with Crippen molar-refractivity contribution in [1.29, 1.82) is 0 Å². The number of nitrogens with zero attached hydrogens (tertiary/aromatic N) is 3. The molecule has 136 valence electrons. The molecule has 0 aliphatic carbocycles. The van der Waals surface area contributed by atoms with Crippen molar-refractivity contribution in [3.63, 3.8) is 0 Å². The molecule has 0 aliphatic rings. The number of nitrogens with one attached hydrogen (secondary N) is 2. The fourth-order valence-corrected chi connectivity index (χ4v) is 3.20. The second kappa shape index (κ2) is 9.48. The largest absolute Gasteiger partial charge is 0.356 e. The van der Waals surface area contributed by atoms with Gasteiger partial charge in [-0.2, -0.15) is 0 Å². The molecule has 25 heavy (non-hydrogen) atoms. The van der Waals surface area contributed by atoms with Gasteiger partial charge in [0, 0.05) is 49.7 Å². The quantitative estimate of drug-likeness (QED) is 0.586. The molecule has 2 aromatic rings. The number of hydrogen-bond donors (Lipinski definition) is 2. The van der Waals surface area contributed by atoms with Gasteiger partial charge in [-0.05, 0) is 38.7 Å². The highest BCUT2D eigenvalue weighted by Crippen LogP contribution is 2.12. The first kappa shape index (κ1) is 19.3. The van der Waals surface area contributed by atoms with Crippen LogP contribution in [0.1, 0.15) is 21.0 Å². The molecule has 0 saturated carbocycles. The minimum absolute atomic E-state index is 0.168. The predicted molar refractivity (Wildman–Crippen MR) is 103 cm³/mol. The number of benzene rings is 1. The molecular formula is C18H26FN5S. The highest BCUT2D eigenvalue weighted by atomic mass is 32.1. The third-order valence-corrected chi connectivity index (χ3v) is 4.55. The highest BCUT2D eigenvalue weighted by Gasteiger charge is 2.06. The van der Waals surface area contributed by atoms with E-state index in [1.165, 1.54) is 10.9 Å². The minimum atomic E-state index is -0.168. The molecule has 0 bridgehead atoms. The van der Waals surface area contributed by atoms with Gasteiger partial charge in [0.1, 0.15) is 5.82 Å². The van der Waals surface area contributed by atoms with Gasteiger partial charge in [-0.3, -0.25) is 4.99 Å². The summed E-state index contributed by atoms with van der Waals surface area (Å²) in [5, 5.41) is 7.66. The molecular weight excluding hydrogens is 337 g/mol. The van der Waals surface area contributed by atoms with Crippen LogP contribution in [0.4, 0.5) is 4.39 Å². The maximum Gasteiger partial charge on any atom is 0.191 e. The summed E-state index contributed by atoms with van der Waals surface area (Å²) in [5.41, 5.74) is 1.73. The minimum Gasteiger partial charge on any atom is -0.356 e. The maximum atomic E-state index is 13.8. The van der Waals surface area contributed by atoms with Crippen LogP contribution >= 0.6 is 11.3 Å². The van der Waals surface area contributed by atoms with Crippen molar-refractivity contribution >= 4 is 17.3 Å². The van der Waals surface area contributed by atoms with Gasteiger partial charge in [0.25, 0.3) is 0 Å². The molecule has 0 atom stereocenters. The zero-order valence-corrected chi connectivity index (χ0v) is 16.1. The van der Waals surface area contributed by atoms with E-state index in [-0.39, 0.29) is 5.82 Å². The first-order chi connectivity index (χ1) is 12.0. The third kappa shape index (κ3) is 6.43. The summed E-state index contributed by atoms with van der Waals surface area (Å²) in [6.07, 6.45) is 2.76. The van der Waals surface area contributed by atoms with Gasteiger partial charge < -0.3 is 15.5 Å². The standard InChI is InChI=1S/C18H26FN5S/c1-13-10-22-17(25-13)7-8-21-18(20-2)23-11-14-5-6-16(19)15(9-14)12-24(3)4/h5-6,9-10H,7-8,11-12H2,1-4H3,(H2,20,21,23). The maximum absolute atomic E-state index is 13.8. The first-order valence-electron chi connectivity index (χ1n) is 8.25. The van der Waals surface area contributed by atoms with Gasteiger partial charge >= 0.3 is 0 Å². The van der Waals surface area contributed by atoms with Crippen molar-refractivity contribution in [2.45, 2.75) is 26.4 Å².